The number of nitrogens with two attached hydrogens (primary N) is 1. The summed E-state index contributed by atoms with van der Waals surface area (Å²) in [5.41, 5.74) is 8.52. The molecule has 0 amide bonds. The second-order valence-electron chi connectivity index (χ2n) is 7.11. The van der Waals surface area contributed by atoms with Crippen LogP contribution in [0, 0.1) is 5.92 Å². The Morgan fingerprint density at radius 2 is 1.62 bits per heavy atom. The van der Waals surface area contributed by atoms with Crippen LogP contribution in [0.4, 0.5) is 0 Å². The van der Waals surface area contributed by atoms with Gasteiger partial charge in [0.1, 0.15) is 5.84 Å². The third-order valence-electron chi connectivity index (χ3n) is 4.78. The van der Waals surface area contributed by atoms with E-state index >= 15 is 0 Å². The molecule has 0 spiro atoms. The average Bonchev–Trinajstić information content (AvgIpc) is 3.43. The SMILES string of the molecule is CCCCCCCCCCc1ccc(/C=C/N=C(N)C2CC2)cc1. The van der Waals surface area contributed by atoms with Crippen molar-refractivity contribution in [2.45, 2.75) is 77.6 Å². The number of benzene rings is 1. The van der Waals surface area contributed by atoms with Crippen molar-refractivity contribution in [2.75, 3.05) is 0 Å². The van der Waals surface area contributed by atoms with Crippen LogP contribution in [0.5, 0.6) is 0 Å². The molecule has 0 aliphatic heterocycles. The first-order valence-electron chi connectivity index (χ1n) is 9.88. The highest BCUT2D eigenvalue weighted by Gasteiger charge is 2.24. The second kappa shape index (κ2) is 11.1. The van der Waals surface area contributed by atoms with Crippen molar-refractivity contribution in [3.8, 4) is 0 Å². The lowest BCUT2D eigenvalue weighted by Gasteiger charge is -2.03. The Morgan fingerprint density at radius 3 is 2.25 bits per heavy atom. The quantitative estimate of drug-likeness (QED) is 0.281. The molecule has 1 aliphatic rings. The summed E-state index contributed by atoms with van der Waals surface area (Å²) in [6.07, 6.45) is 18.5. The number of hydrogen-bond donors (Lipinski definition) is 1. The predicted octanol–water partition coefficient (Wildman–Crippen LogP) is 6.11. The summed E-state index contributed by atoms with van der Waals surface area (Å²) in [6, 6.07) is 8.85. The summed E-state index contributed by atoms with van der Waals surface area (Å²) >= 11 is 0. The molecule has 0 radical (unpaired) electrons. The molecule has 0 bridgehead atoms. The Morgan fingerprint density at radius 1 is 1.00 bits per heavy atom. The molecule has 2 nitrogen and oxygen atoms in total. The van der Waals surface area contributed by atoms with E-state index in [1.54, 1.807) is 0 Å². The fourth-order valence-corrected chi connectivity index (χ4v) is 2.95. The molecular weight excluding hydrogens is 292 g/mol. The summed E-state index contributed by atoms with van der Waals surface area (Å²) in [5, 5.41) is 0. The van der Waals surface area contributed by atoms with Crippen molar-refractivity contribution in [1.82, 2.24) is 0 Å². The number of amidine groups is 1. The van der Waals surface area contributed by atoms with Gasteiger partial charge in [-0.05, 0) is 42.9 Å². The van der Waals surface area contributed by atoms with E-state index in [0.29, 0.717) is 5.92 Å². The zero-order valence-electron chi connectivity index (χ0n) is 15.3. The molecule has 1 aromatic carbocycles. The summed E-state index contributed by atoms with van der Waals surface area (Å²) in [5.74, 6) is 1.33. The molecule has 0 unspecified atom stereocenters. The molecule has 1 aromatic rings. The zero-order valence-corrected chi connectivity index (χ0v) is 15.3. The number of aryl methyl sites for hydroxylation is 1. The van der Waals surface area contributed by atoms with E-state index in [0.717, 1.165) is 5.84 Å². The van der Waals surface area contributed by atoms with Gasteiger partial charge in [-0.3, -0.25) is 0 Å². The van der Waals surface area contributed by atoms with Crippen molar-refractivity contribution in [2.24, 2.45) is 16.6 Å². The minimum atomic E-state index is 0.545. The van der Waals surface area contributed by atoms with E-state index in [1.165, 1.54) is 81.8 Å². The fraction of sp³-hybridized carbons (Fsp3) is 0.591. The highest BCUT2D eigenvalue weighted by molar-refractivity contribution is 5.85. The number of nitrogens with zero attached hydrogens (tertiary/aromatic N) is 1. The largest absolute Gasteiger partial charge is 0.387 e. The van der Waals surface area contributed by atoms with Gasteiger partial charge in [0.15, 0.2) is 0 Å². The van der Waals surface area contributed by atoms with Crippen LogP contribution in [0.2, 0.25) is 0 Å². The lowest BCUT2D eigenvalue weighted by molar-refractivity contribution is 0.575. The van der Waals surface area contributed by atoms with Crippen molar-refractivity contribution >= 4 is 11.9 Å². The van der Waals surface area contributed by atoms with Crippen LogP contribution in [0.1, 0.15) is 82.3 Å². The maximum Gasteiger partial charge on any atom is 0.102 e. The standard InChI is InChI=1S/C22H34N2/c1-2-3-4-5-6-7-8-9-10-19-11-13-20(14-12-19)17-18-24-22(23)21-15-16-21/h11-14,17-18,21H,2-10,15-16H2,1H3,(H2,23,24)/b18-17+. The Labute approximate surface area is 148 Å². The van der Waals surface area contributed by atoms with E-state index in [2.05, 4.69) is 36.2 Å². The minimum Gasteiger partial charge on any atom is -0.387 e. The lowest BCUT2D eigenvalue weighted by atomic mass is 10.0. The molecule has 0 aromatic heterocycles. The molecule has 1 aliphatic carbocycles. The maximum absolute atomic E-state index is 5.88. The third kappa shape index (κ3) is 7.81. The number of unbranched alkanes of at least 4 members (excludes halogenated alkanes) is 7. The summed E-state index contributed by atoms with van der Waals surface area (Å²) in [6.45, 7) is 2.28. The van der Waals surface area contributed by atoms with Gasteiger partial charge >= 0.3 is 0 Å². The van der Waals surface area contributed by atoms with E-state index in [4.69, 9.17) is 5.73 Å². The highest BCUT2D eigenvalue weighted by Crippen LogP contribution is 2.28. The Balaban J connectivity index is 1.59. The van der Waals surface area contributed by atoms with Crippen molar-refractivity contribution in [3.63, 3.8) is 0 Å². The highest BCUT2D eigenvalue weighted by atomic mass is 14.9. The number of rotatable bonds is 12. The lowest BCUT2D eigenvalue weighted by Crippen LogP contribution is -2.12. The Kier molecular flexibility index (Phi) is 8.65. The summed E-state index contributed by atoms with van der Waals surface area (Å²) < 4.78 is 0. The molecule has 2 heteroatoms. The normalized spacial score (nSPS) is 15.3. The third-order valence-corrected chi connectivity index (χ3v) is 4.78. The van der Waals surface area contributed by atoms with E-state index < -0.39 is 0 Å². The Bertz CT molecular complexity index is 509. The van der Waals surface area contributed by atoms with Gasteiger partial charge in [-0.2, -0.15) is 0 Å². The molecule has 0 saturated heterocycles. The fourth-order valence-electron chi connectivity index (χ4n) is 2.95. The molecule has 2 N–H and O–H groups in total. The van der Waals surface area contributed by atoms with Crippen LogP contribution < -0.4 is 5.73 Å². The van der Waals surface area contributed by atoms with Gasteiger partial charge < -0.3 is 5.73 Å². The van der Waals surface area contributed by atoms with Gasteiger partial charge in [-0.25, -0.2) is 4.99 Å². The van der Waals surface area contributed by atoms with E-state index in [9.17, 15) is 0 Å². The molecule has 132 valence electrons. The van der Waals surface area contributed by atoms with Gasteiger partial charge in [0.05, 0.1) is 0 Å². The maximum atomic E-state index is 5.88. The van der Waals surface area contributed by atoms with Crippen LogP contribution >= 0.6 is 0 Å². The molecule has 1 fully saturated rings. The van der Waals surface area contributed by atoms with E-state index in [-0.39, 0.29) is 0 Å². The topological polar surface area (TPSA) is 38.4 Å². The Hall–Kier alpha value is -1.57. The van der Waals surface area contributed by atoms with Crippen LogP contribution in [0.15, 0.2) is 35.5 Å². The summed E-state index contributed by atoms with van der Waals surface area (Å²) in [7, 11) is 0. The molecule has 1 saturated carbocycles. The van der Waals surface area contributed by atoms with Gasteiger partial charge in [-0.1, -0.05) is 76.1 Å². The monoisotopic (exact) mass is 326 g/mol. The first-order valence-corrected chi connectivity index (χ1v) is 9.88. The van der Waals surface area contributed by atoms with Gasteiger partial charge in [-0.15, -0.1) is 0 Å². The predicted molar refractivity (Wildman–Crippen MR) is 106 cm³/mol. The number of aliphatic imine (C=N–C) groups is 1. The van der Waals surface area contributed by atoms with E-state index in [1.807, 2.05) is 12.3 Å². The smallest absolute Gasteiger partial charge is 0.102 e. The first kappa shape index (κ1) is 18.8. The van der Waals surface area contributed by atoms with Gasteiger partial charge in [0, 0.05) is 12.1 Å². The average molecular weight is 327 g/mol. The minimum absolute atomic E-state index is 0.545. The molecule has 24 heavy (non-hydrogen) atoms. The second-order valence-corrected chi connectivity index (χ2v) is 7.11. The molecule has 0 heterocycles. The number of hydrogen-bond acceptors (Lipinski definition) is 1. The first-order chi connectivity index (χ1) is 11.8. The summed E-state index contributed by atoms with van der Waals surface area (Å²) in [4.78, 5) is 4.31. The van der Waals surface area contributed by atoms with Crippen LogP contribution in [0.3, 0.4) is 0 Å². The van der Waals surface area contributed by atoms with Gasteiger partial charge in [0.25, 0.3) is 0 Å². The zero-order chi connectivity index (χ0) is 17.0. The van der Waals surface area contributed by atoms with Crippen molar-refractivity contribution in [3.05, 3.63) is 41.6 Å². The van der Waals surface area contributed by atoms with Crippen LogP contribution in [-0.4, -0.2) is 5.84 Å². The van der Waals surface area contributed by atoms with Gasteiger partial charge in [0.2, 0.25) is 0 Å². The molecular formula is C22H34N2. The van der Waals surface area contributed by atoms with Crippen molar-refractivity contribution < 1.29 is 0 Å². The molecule has 2 rings (SSSR count). The van der Waals surface area contributed by atoms with Crippen molar-refractivity contribution in [1.29, 1.82) is 0 Å². The van der Waals surface area contributed by atoms with Crippen LogP contribution in [-0.2, 0) is 6.42 Å². The van der Waals surface area contributed by atoms with Crippen LogP contribution in [0.25, 0.3) is 6.08 Å². The molecule has 0 atom stereocenters.